The number of phenols is 1. The Labute approximate surface area is 120 Å². The number of hydrogen-bond acceptors (Lipinski definition) is 4. The maximum atomic E-state index is 12.4. The first-order chi connectivity index (χ1) is 9.49. The van der Waals surface area contributed by atoms with Crippen molar-refractivity contribution in [2.75, 3.05) is 39.5 Å². The SMILES string of the molecule is CN(C)CC1CCN(C(=O)c2cccc(N)c2O)CC1. The van der Waals surface area contributed by atoms with Crippen LogP contribution < -0.4 is 5.73 Å². The van der Waals surface area contributed by atoms with Crippen molar-refractivity contribution >= 4 is 11.6 Å². The highest BCUT2D eigenvalue weighted by Crippen LogP contribution is 2.27. The van der Waals surface area contributed by atoms with E-state index in [1.165, 1.54) is 0 Å². The molecule has 20 heavy (non-hydrogen) atoms. The van der Waals surface area contributed by atoms with Crippen LogP contribution in [0.2, 0.25) is 0 Å². The van der Waals surface area contributed by atoms with Crippen LogP contribution in [0, 0.1) is 5.92 Å². The highest BCUT2D eigenvalue weighted by Gasteiger charge is 2.25. The average molecular weight is 277 g/mol. The topological polar surface area (TPSA) is 69.8 Å². The molecule has 3 N–H and O–H groups in total. The molecule has 1 aromatic rings. The second-order valence-corrected chi connectivity index (χ2v) is 5.74. The summed E-state index contributed by atoms with van der Waals surface area (Å²) < 4.78 is 0. The van der Waals surface area contributed by atoms with Gasteiger partial charge in [0.25, 0.3) is 5.91 Å². The molecule has 0 saturated carbocycles. The van der Waals surface area contributed by atoms with Crippen molar-refractivity contribution in [2.24, 2.45) is 5.92 Å². The van der Waals surface area contributed by atoms with Gasteiger partial charge in [-0.1, -0.05) is 6.07 Å². The van der Waals surface area contributed by atoms with Crippen molar-refractivity contribution in [3.63, 3.8) is 0 Å². The number of carbonyl (C=O) groups is 1. The van der Waals surface area contributed by atoms with E-state index in [2.05, 4.69) is 19.0 Å². The molecule has 1 amide bonds. The van der Waals surface area contributed by atoms with Gasteiger partial charge in [0, 0.05) is 19.6 Å². The van der Waals surface area contributed by atoms with Gasteiger partial charge in [0.2, 0.25) is 0 Å². The Morgan fingerprint density at radius 2 is 2.05 bits per heavy atom. The van der Waals surface area contributed by atoms with Gasteiger partial charge in [-0.25, -0.2) is 0 Å². The van der Waals surface area contributed by atoms with Gasteiger partial charge in [-0.3, -0.25) is 4.79 Å². The summed E-state index contributed by atoms with van der Waals surface area (Å²) in [6.45, 7) is 2.54. The summed E-state index contributed by atoms with van der Waals surface area (Å²) in [7, 11) is 4.14. The fraction of sp³-hybridized carbons (Fsp3) is 0.533. The molecule has 0 radical (unpaired) electrons. The van der Waals surface area contributed by atoms with Crippen LogP contribution in [-0.4, -0.2) is 54.5 Å². The number of benzene rings is 1. The zero-order valence-corrected chi connectivity index (χ0v) is 12.2. The Morgan fingerprint density at radius 3 is 2.65 bits per heavy atom. The first-order valence-electron chi connectivity index (χ1n) is 7.00. The molecule has 1 aliphatic heterocycles. The van der Waals surface area contributed by atoms with Crippen molar-refractivity contribution in [1.29, 1.82) is 0 Å². The number of aromatic hydroxyl groups is 1. The summed E-state index contributed by atoms with van der Waals surface area (Å²) in [6.07, 6.45) is 2.01. The van der Waals surface area contributed by atoms with Crippen LogP contribution in [-0.2, 0) is 0 Å². The van der Waals surface area contributed by atoms with Gasteiger partial charge < -0.3 is 20.6 Å². The number of rotatable bonds is 3. The van der Waals surface area contributed by atoms with Gasteiger partial charge in [0.05, 0.1) is 11.3 Å². The molecule has 1 fully saturated rings. The molecule has 5 nitrogen and oxygen atoms in total. The number of para-hydroxylation sites is 1. The minimum atomic E-state index is -0.127. The number of carbonyl (C=O) groups excluding carboxylic acids is 1. The number of piperidine rings is 1. The predicted molar refractivity (Wildman–Crippen MR) is 79.7 cm³/mol. The van der Waals surface area contributed by atoms with Gasteiger partial charge in [0.1, 0.15) is 0 Å². The van der Waals surface area contributed by atoms with Crippen molar-refractivity contribution < 1.29 is 9.90 Å². The van der Waals surface area contributed by atoms with Crippen LogP contribution in [0.5, 0.6) is 5.75 Å². The van der Waals surface area contributed by atoms with Gasteiger partial charge in [-0.2, -0.15) is 0 Å². The van der Waals surface area contributed by atoms with Crippen LogP contribution >= 0.6 is 0 Å². The van der Waals surface area contributed by atoms with Gasteiger partial charge in [-0.15, -0.1) is 0 Å². The molecule has 0 unspecified atom stereocenters. The molecule has 2 rings (SSSR count). The van der Waals surface area contributed by atoms with E-state index in [0.29, 0.717) is 11.5 Å². The van der Waals surface area contributed by atoms with Gasteiger partial charge in [0.15, 0.2) is 5.75 Å². The van der Waals surface area contributed by atoms with E-state index in [1.54, 1.807) is 23.1 Å². The second kappa shape index (κ2) is 6.13. The number of amides is 1. The van der Waals surface area contributed by atoms with Crippen molar-refractivity contribution in [3.05, 3.63) is 23.8 Å². The summed E-state index contributed by atoms with van der Waals surface area (Å²) >= 11 is 0. The standard InChI is InChI=1S/C15H23N3O2/c1-17(2)10-11-6-8-18(9-7-11)15(20)12-4-3-5-13(16)14(12)19/h3-5,11,19H,6-10,16H2,1-2H3. The monoisotopic (exact) mass is 277 g/mol. The third-order valence-corrected chi connectivity index (χ3v) is 3.82. The highest BCUT2D eigenvalue weighted by atomic mass is 16.3. The molecule has 1 aromatic carbocycles. The Bertz CT molecular complexity index is 480. The predicted octanol–water partition coefficient (Wildman–Crippen LogP) is 1.39. The number of nitrogens with zero attached hydrogens (tertiary/aromatic N) is 2. The molecule has 5 heteroatoms. The van der Waals surface area contributed by atoms with E-state index < -0.39 is 0 Å². The third kappa shape index (κ3) is 3.22. The summed E-state index contributed by atoms with van der Waals surface area (Å²) in [6, 6.07) is 4.91. The van der Waals surface area contributed by atoms with E-state index in [4.69, 9.17) is 5.73 Å². The fourth-order valence-corrected chi connectivity index (χ4v) is 2.74. The largest absolute Gasteiger partial charge is 0.505 e. The lowest BCUT2D eigenvalue weighted by Crippen LogP contribution is -2.40. The second-order valence-electron chi connectivity index (χ2n) is 5.74. The molecular formula is C15H23N3O2. The van der Waals surface area contributed by atoms with E-state index in [-0.39, 0.29) is 17.3 Å². The van der Waals surface area contributed by atoms with Gasteiger partial charge >= 0.3 is 0 Å². The van der Waals surface area contributed by atoms with Crippen molar-refractivity contribution in [3.8, 4) is 5.75 Å². The number of nitrogen functional groups attached to an aromatic ring is 1. The molecular weight excluding hydrogens is 254 g/mol. The summed E-state index contributed by atoms with van der Waals surface area (Å²) in [5.41, 5.74) is 6.19. The molecule has 0 atom stereocenters. The Hall–Kier alpha value is -1.75. The number of likely N-dealkylation sites (tertiary alicyclic amines) is 1. The van der Waals surface area contributed by atoms with Crippen LogP contribution in [0.25, 0.3) is 0 Å². The minimum absolute atomic E-state index is 0.104. The van der Waals surface area contributed by atoms with Crippen LogP contribution in [0.15, 0.2) is 18.2 Å². The fourth-order valence-electron chi connectivity index (χ4n) is 2.74. The van der Waals surface area contributed by atoms with E-state index in [9.17, 15) is 9.90 Å². The molecule has 110 valence electrons. The minimum Gasteiger partial charge on any atom is -0.505 e. The van der Waals surface area contributed by atoms with Crippen LogP contribution in [0.1, 0.15) is 23.2 Å². The van der Waals surface area contributed by atoms with Gasteiger partial charge in [-0.05, 0) is 45.0 Å². The normalized spacial score (nSPS) is 16.6. The quantitative estimate of drug-likeness (QED) is 0.647. The van der Waals surface area contributed by atoms with Crippen molar-refractivity contribution in [2.45, 2.75) is 12.8 Å². The maximum Gasteiger partial charge on any atom is 0.257 e. The lowest BCUT2D eigenvalue weighted by atomic mass is 9.96. The molecule has 0 aromatic heterocycles. The smallest absolute Gasteiger partial charge is 0.257 e. The average Bonchev–Trinajstić information content (AvgIpc) is 2.41. The number of anilines is 1. The molecule has 0 aliphatic carbocycles. The maximum absolute atomic E-state index is 12.4. The number of hydrogen-bond donors (Lipinski definition) is 2. The van der Waals surface area contributed by atoms with E-state index in [0.717, 1.165) is 32.5 Å². The Kier molecular flexibility index (Phi) is 4.49. The summed E-state index contributed by atoms with van der Waals surface area (Å²) in [5.74, 6) is 0.412. The molecule has 1 heterocycles. The molecule has 1 saturated heterocycles. The number of phenolic OH excluding ortho intramolecular Hbond substituents is 1. The zero-order valence-electron chi connectivity index (χ0n) is 12.2. The van der Waals surface area contributed by atoms with E-state index >= 15 is 0 Å². The zero-order chi connectivity index (χ0) is 14.7. The van der Waals surface area contributed by atoms with Crippen molar-refractivity contribution in [1.82, 2.24) is 9.80 Å². The molecule has 0 bridgehead atoms. The van der Waals surface area contributed by atoms with Crippen LogP contribution in [0.3, 0.4) is 0 Å². The lowest BCUT2D eigenvalue weighted by Gasteiger charge is -2.33. The number of nitrogens with two attached hydrogens (primary N) is 1. The highest BCUT2D eigenvalue weighted by molar-refractivity contribution is 5.98. The van der Waals surface area contributed by atoms with Crippen LogP contribution in [0.4, 0.5) is 5.69 Å². The Balaban J connectivity index is 2.00. The summed E-state index contributed by atoms with van der Waals surface area (Å²) in [4.78, 5) is 16.4. The third-order valence-electron chi connectivity index (χ3n) is 3.82. The van der Waals surface area contributed by atoms with E-state index in [1.807, 2.05) is 0 Å². The molecule has 0 spiro atoms. The summed E-state index contributed by atoms with van der Waals surface area (Å²) in [5, 5.41) is 9.89. The Morgan fingerprint density at radius 1 is 1.40 bits per heavy atom. The first-order valence-corrected chi connectivity index (χ1v) is 7.00. The lowest BCUT2D eigenvalue weighted by molar-refractivity contribution is 0.0675. The first kappa shape index (κ1) is 14.7. The molecule has 1 aliphatic rings.